The molecule has 1 atom stereocenters. The fourth-order valence-corrected chi connectivity index (χ4v) is 2.85. The standard InChI is InChI=1S/C16H15Cl2NO2/c1-19-15-9-21-16-7-10(5-6-11(15)16)20-8-12-13(17)3-2-4-14(12)18/h2-7,15,19H,8-9H2,1H3. The molecule has 1 N–H and O–H groups in total. The minimum Gasteiger partial charge on any atom is -0.491 e. The van der Waals surface area contributed by atoms with Crippen molar-refractivity contribution in [2.45, 2.75) is 12.6 Å². The van der Waals surface area contributed by atoms with Gasteiger partial charge in [-0.05, 0) is 31.3 Å². The van der Waals surface area contributed by atoms with Crippen molar-refractivity contribution >= 4 is 23.2 Å². The van der Waals surface area contributed by atoms with Crippen molar-refractivity contribution in [1.82, 2.24) is 5.32 Å². The number of hydrogen-bond donors (Lipinski definition) is 1. The highest BCUT2D eigenvalue weighted by atomic mass is 35.5. The molecule has 3 rings (SSSR count). The summed E-state index contributed by atoms with van der Waals surface area (Å²) in [5.74, 6) is 1.60. The van der Waals surface area contributed by atoms with Crippen LogP contribution in [0, 0.1) is 0 Å². The second-order valence-corrected chi connectivity index (χ2v) is 5.66. The molecule has 0 fully saturated rings. The molecule has 0 aromatic heterocycles. The largest absolute Gasteiger partial charge is 0.491 e. The van der Waals surface area contributed by atoms with Gasteiger partial charge in [0.1, 0.15) is 24.7 Å². The zero-order chi connectivity index (χ0) is 14.8. The minimum atomic E-state index is 0.243. The maximum atomic E-state index is 6.13. The summed E-state index contributed by atoms with van der Waals surface area (Å²) in [4.78, 5) is 0. The molecule has 0 saturated heterocycles. The zero-order valence-electron chi connectivity index (χ0n) is 11.5. The highest BCUT2D eigenvalue weighted by Crippen LogP contribution is 2.35. The first-order valence-electron chi connectivity index (χ1n) is 6.68. The minimum absolute atomic E-state index is 0.243. The first-order chi connectivity index (χ1) is 10.2. The second-order valence-electron chi connectivity index (χ2n) is 4.84. The number of benzene rings is 2. The van der Waals surface area contributed by atoms with Gasteiger partial charge in [0, 0.05) is 27.2 Å². The lowest BCUT2D eigenvalue weighted by molar-refractivity contribution is 0.299. The summed E-state index contributed by atoms with van der Waals surface area (Å²) in [7, 11) is 1.92. The highest BCUT2D eigenvalue weighted by molar-refractivity contribution is 6.35. The molecule has 0 aliphatic carbocycles. The number of halogens is 2. The van der Waals surface area contributed by atoms with E-state index in [0.29, 0.717) is 23.3 Å². The molecule has 0 spiro atoms. The van der Waals surface area contributed by atoms with E-state index in [2.05, 4.69) is 5.32 Å². The van der Waals surface area contributed by atoms with Crippen LogP contribution in [0.15, 0.2) is 36.4 Å². The van der Waals surface area contributed by atoms with Gasteiger partial charge in [-0.15, -0.1) is 0 Å². The van der Waals surface area contributed by atoms with Crippen molar-refractivity contribution in [3.8, 4) is 11.5 Å². The Morgan fingerprint density at radius 1 is 1.24 bits per heavy atom. The maximum Gasteiger partial charge on any atom is 0.127 e. The predicted molar refractivity (Wildman–Crippen MR) is 84.5 cm³/mol. The molecule has 1 heterocycles. The third kappa shape index (κ3) is 2.95. The van der Waals surface area contributed by atoms with Gasteiger partial charge in [0.05, 0.1) is 6.04 Å². The van der Waals surface area contributed by atoms with E-state index in [1.54, 1.807) is 12.1 Å². The van der Waals surface area contributed by atoms with Gasteiger partial charge < -0.3 is 14.8 Å². The van der Waals surface area contributed by atoms with Gasteiger partial charge in [0.15, 0.2) is 0 Å². The van der Waals surface area contributed by atoms with Crippen LogP contribution in [0.4, 0.5) is 0 Å². The average Bonchev–Trinajstić information content (AvgIpc) is 2.89. The maximum absolute atomic E-state index is 6.13. The number of likely N-dealkylation sites (N-methyl/N-ethyl adjacent to an activating group) is 1. The Hall–Kier alpha value is -1.42. The molecular formula is C16H15Cl2NO2. The second kappa shape index (κ2) is 6.14. The van der Waals surface area contributed by atoms with Gasteiger partial charge >= 0.3 is 0 Å². The third-order valence-electron chi connectivity index (χ3n) is 3.56. The van der Waals surface area contributed by atoms with Crippen LogP contribution in [0.5, 0.6) is 11.5 Å². The number of fused-ring (bicyclic) bond motifs is 1. The highest BCUT2D eigenvalue weighted by Gasteiger charge is 2.22. The van der Waals surface area contributed by atoms with Crippen molar-refractivity contribution in [2.75, 3.05) is 13.7 Å². The number of nitrogens with one attached hydrogen (secondary N) is 1. The molecule has 1 aliphatic rings. The normalized spacial score (nSPS) is 16.4. The fourth-order valence-electron chi connectivity index (χ4n) is 2.34. The van der Waals surface area contributed by atoms with Crippen molar-refractivity contribution < 1.29 is 9.47 Å². The summed E-state index contributed by atoms with van der Waals surface area (Å²) < 4.78 is 11.4. The summed E-state index contributed by atoms with van der Waals surface area (Å²) >= 11 is 12.3. The molecule has 21 heavy (non-hydrogen) atoms. The summed E-state index contributed by atoms with van der Waals surface area (Å²) in [6.45, 7) is 0.971. The van der Waals surface area contributed by atoms with Gasteiger partial charge in [-0.25, -0.2) is 0 Å². The van der Waals surface area contributed by atoms with E-state index in [9.17, 15) is 0 Å². The monoisotopic (exact) mass is 323 g/mol. The van der Waals surface area contributed by atoms with Crippen LogP contribution in [0.25, 0.3) is 0 Å². The van der Waals surface area contributed by atoms with E-state index in [1.165, 1.54) is 0 Å². The van der Waals surface area contributed by atoms with Crippen LogP contribution in [0.1, 0.15) is 17.2 Å². The van der Waals surface area contributed by atoms with Crippen molar-refractivity contribution in [2.24, 2.45) is 0 Å². The van der Waals surface area contributed by atoms with Crippen LogP contribution in [-0.4, -0.2) is 13.7 Å². The van der Waals surface area contributed by atoms with Crippen LogP contribution >= 0.6 is 23.2 Å². The molecule has 2 aromatic carbocycles. The van der Waals surface area contributed by atoms with Gasteiger partial charge in [-0.2, -0.15) is 0 Å². The summed E-state index contributed by atoms with van der Waals surface area (Å²) in [5.41, 5.74) is 1.94. The molecule has 3 nitrogen and oxygen atoms in total. The fraction of sp³-hybridized carbons (Fsp3) is 0.250. The van der Waals surface area contributed by atoms with Crippen LogP contribution in [0.2, 0.25) is 10.0 Å². The number of rotatable bonds is 4. The molecule has 5 heteroatoms. The molecule has 0 radical (unpaired) electrons. The van der Waals surface area contributed by atoms with Crippen LogP contribution in [-0.2, 0) is 6.61 Å². The van der Waals surface area contributed by atoms with E-state index >= 15 is 0 Å². The van der Waals surface area contributed by atoms with E-state index in [-0.39, 0.29) is 6.04 Å². The van der Waals surface area contributed by atoms with E-state index < -0.39 is 0 Å². The smallest absolute Gasteiger partial charge is 0.127 e. The first kappa shape index (κ1) is 14.5. The van der Waals surface area contributed by atoms with E-state index in [4.69, 9.17) is 32.7 Å². The zero-order valence-corrected chi connectivity index (χ0v) is 13.0. The molecule has 110 valence electrons. The topological polar surface area (TPSA) is 30.5 Å². The molecular weight excluding hydrogens is 309 g/mol. The number of hydrogen-bond acceptors (Lipinski definition) is 3. The Kier molecular flexibility index (Phi) is 4.24. The Bertz CT molecular complexity index is 640. The van der Waals surface area contributed by atoms with Crippen molar-refractivity contribution in [1.29, 1.82) is 0 Å². The molecule has 0 bridgehead atoms. The van der Waals surface area contributed by atoms with Gasteiger partial charge in [-0.1, -0.05) is 29.3 Å². The molecule has 2 aromatic rings. The molecule has 1 aliphatic heterocycles. The Morgan fingerprint density at radius 2 is 2.00 bits per heavy atom. The Morgan fingerprint density at radius 3 is 2.71 bits per heavy atom. The molecule has 0 amide bonds. The number of ether oxygens (including phenoxy) is 2. The van der Waals surface area contributed by atoms with Gasteiger partial charge in [0.2, 0.25) is 0 Å². The third-order valence-corrected chi connectivity index (χ3v) is 4.27. The Balaban J connectivity index is 1.75. The van der Waals surface area contributed by atoms with E-state index in [1.807, 2.05) is 31.3 Å². The van der Waals surface area contributed by atoms with Crippen LogP contribution in [0.3, 0.4) is 0 Å². The SMILES string of the molecule is CNC1COc2cc(OCc3c(Cl)cccc3Cl)ccc21. The van der Waals surface area contributed by atoms with Crippen molar-refractivity contribution in [3.63, 3.8) is 0 Å². The van der Waals surface area contributed by atoms with Gasteiger partial charge in [-0.3, -0.25) is 0 Å². The summed E-state index contributed by atoms with van der Waals surface area (Å²) in [6, 6.07) is 11.5. The molecule has 0 saturated carbocycles. The average molecular weight is 324 g/mol. The molecule has 1 unspecified atom stereocenters. The van der Waals surface area contributed by atoms with Crippen molar-refractivity contribution in [3.05, 3.63) is 57.6 Å². The Labute approximate surface area is 133 Å². The lowest BCUT2D eigenvalue weighted by Gasteiger charge is -2.11. The van der Waals surface area contributed by atoms with E-state index in [0.717, 1.165) is 22.6 Å². The lowest BCUT2D eigenvalue weighted by Crippen LogP contribution is -2.17. The van der Waals surface area contributed by atoms with Crippen LogP contribution < -0.4 is 14.8 Å². The lowest BCUT2D eigenvalue weighted by atomic mass is 10.1. The summed E-state index contributed by atoms with van der Waals surface area (Å²) in [5, 5.41) is 4.42. The summed E-state index contributed by atoms with van der Waals surface area (Å²) in [6.07, 6.45) is 0. The first-order valence-corrected chi connectivity index (χ1v) is 7.44. The van der Waals surface area contributed by atoms with Gasteiger partial charge in [0.25, 0.3) is 0 Å². The predicted octanol–water partition coefficient (Wildman–Crippen LogP) is 4.23. The quantitative estimate of drug-likeness (QED) is 0.913.